The lowest BCUT2D eigenvalue weighted by Gasteiger charge is -2.10. The molecule has 0 atom stereocenters. The van der Waals surface area contributed by atoms with Crippen LogP contribution in [0, 0.1) is 0 Å². The van der Waals surface area contributed by atoms with Crippen LogP contribution in [-0.2, 0) is 21.4 Å². The maximum absolute atomic E-state index is 11.8. The number of rotatable bonds is 11. The summed E-state index contributed by atoms with van der Waals surface area (Å²) in [6.45, 7) is 9.34. The molecule has 2 aromatic rings. The van der Waals surface area contributed by atoms with Crippen molar-refractivity contribution in [3.05, 3.63) is 36.0 Å². The van der Waals surface area contributed by atoms with Crippen molar-refractivity contribution >= 4 is 5.97 Å². The van der Waals surface area contributed by atoms with Gasteiger partial charge in [-0.1, -0.05) is 32.9 Å². The highest BCUT2D eigenvalue weighted by molar-refractivity contribution is 5.69. The van der Waals surface area contributed by atoms with E-state index in [1.807, 2.05) is 45.0 Å². The molecule has 0 saturated heterocycles. The maximum atomic E-state index is 11.8. The van der Waals surface area contributed by atoms with Crippen LogP contribution in [0.25, 0.3) is 0 Å². The number of carbonyl (C=O) groups is 1. The van der Waals surface area contributed by atoms with Crippen LogP contribution in [0.3, 0.4) is 0 Å². The fourth-order valence-electron chi connectivity index (χ4n) is 2.28. The van der Waals surface area contributed by atoms with Gasteiger partial charge in [-0.25, -0.2) is 0 Å². The van der Waals surface area contributed by atoms with Crippen molar-refractivity contribution in [1.82, 2.24) is 10.1 Å². The van der Waals surface area contributed by atoms with Gasteiger partial charge in [-0.05, 0) is 37.1 Å². The van der Waals surface area contributed by atoms with E-state index in [1.54, 1.807) is 0 Å². The first-order valence-electron chi connectivity index (χ1n) is 9.73. The second-order valence-electron chi connectivity index (χ2n) is 7.50. The monoisotopic (exact) mass is 390 g/mol. The van der Waals surface area contributed by atoms with E-state index in [9.17, 15) is 4.79 Å². The van der Waals surface area contributed by atoms with Gasteiger partial charge < -0.3 is 18.7 Å². The van der Waals surface area contributed by atoms with Crippen LogP contribution >= 0.6 is 0 Å². The molecule has 0 amide bonds. The lowest BCUT2D eigenvalue weighted by Crippen LogP contribution is -2.13. The molecular weight excluding hydrogens is 360 g/mol. The van der Waals surface area contributed by atoms with E-state index in [-0.39, 0.29) is 18.0 Å². The first-order valence-corrected chi connectivity index (χ1v) is 9.73. The minimum absolute atomic E-state index is 0.149. The van der Waals surface area contributed by atoms with E-state index >= 15 is 0 Å². The third-order valence-corrected chi connectivity index (χ3v) is 3.82. The molecule has 7 nitrogen and oxygen atoms in total. The van der Waals surface area contributed by atoms with Gasteiger partial charge in [0, 0.05) is 18.3 Å². The summed E-state index contributed by atoms with van der Waals surface area (Å²) < 4.78 is 21.5. The Bertz CT molecular complexity index is 719. The Morgan fingerprint density at radius 1 is 1.04 bits per heavy atom. The summed E-state index contributed by atoms with van der Waals surface area (Å²) in [5.74, 6) is 2.49. The molecule has 0 unspecified atom stereocenters. The zero-order valence-corrected chi connectivity index (χ0v) is 17.2. The number of hydrogen-bond donors (Lipinski definition) is 0. The molecule has 28 heavy (non-hydrogen) atoms. The van der Waals surface area contributed by atoms with Crippen molar-refractivity contribution in [1.29, 1.82) is 0 Å². The molecule has 0 aliphatic heterocycles. The third-order valence-electron chi connectivity index (χ3n) is 3.82. The Morgan fingerprint density at radius 2 is 1.68 bits per heavy atom. The van der Waals surface area contributed by atoms with E-state index in [1.165, 1.54) is 0 Å². The number of hydrogen-bond acceptors (Lipinski definition) is 7. The zero-order valence-electron chi connectivity index (χ0n) is 17.2. The molecule has 154 valence electrons. The van der Waals surface area contributed by atoms with Gasteiger partial charge in [0.05, 0.1) is 6.61 Å². The number of benzene rings is 1. The quantitative estimate of drug-likeness (QED) is 0.422. The minimum Gasteiger partial charge on any atom is -0.494 e. The summed E-state index contributed by atoms with van der Waals surface area (Å²) >= 11 is 0. The van der Waals surface area contributed by atoms with Gasteiger partial charge in [0.2, 0.25) is 5.89 Å². The van der Waals surface area contributed by atoms with Crippen LogP contribution in [0.1, 0.15) is 58.7 Å². The van der Waals surface area contributed by atoms with Crippen molar-refractivity contribution in [2.45, 2.75) is 58.8 Å². The van der Waals surface area contributed by atoms with E-state index in [0.717, 1.165) is 12.2 Å². The van der Waals surface area contributed by atoms with Gasteiger partial charge in [-0.3, -0.25) is 4.79 Å². The summed E-state index contributed by atoms with van der Waals surface area (Å²) in [6.07, 6.45) is 2.43. The molecule has 1 heterocycles. The summed E-state index contributed by atoms with van der Waals surface area (Å²) in [5.41, 5.74) is -0.149. The van der Waals surface area contributed by atoms with Crippen LogP contribution < -0.4 is 9.47 Å². The third kappa shape index (κ3) is 7.58. The maximum Gasteiger partial charge on any atom is 0.305 e. The molecule has 0 fully saturated rings. The first kappa shape index (κ1) is 21.7. The molecular formula is C21H30N2O5. The fraction of sp³-hybridized carbons (Fsp3) is 0.571. The molecule has 1 aromatic heterocycles. The second kappa shape index (κ2) is 10.7. The normalized spacial score (nSPS) is 11.3. The Balaban J connectivity index is 1.58. The fourth-order valence-corrected chi connectivity index (χ4v) is 2.28. The molecule has 0 saturated carbocycles. The zero-order chi connectivity index (χ0) is 20.4. The second-order valence-corrected chi connectivity index (χ2v) is 7.50. The number of aryl methyl sites for hydroxylation is 1. The van der Waals surface area contributed by atoms with E-state index < -0.39 is 0 Å². The largest absolute Gasteiger partial charge is 0.494 e. The number of aromatic nitrogens is 2. The summed E-state index contributed by atoms with van der Waals surface area (Å²) in [7, 11) is 0. The Morgan fingerprint density at radius 3 is 2.25 bits per heavy atom. The minimum atomic E-state index is -0.262. The van der Waals surface area contributed by atoms with E-state index in [4.69, 9.17) is 18.7 Å². The average molecular weight is 390 g/mol. The summed E-state index contributed by atoms with van der Waals surface area (Å²) in [6, 6.07) is 7.39. The number of nitrogens with zero attached hydrogens (tertiary/aromatic N) is 2. The molecule has 0 spiro atoms. The van der Waals surface area contributed by atoms with Crippen molar-refractivity contribution in [3.8, 4) is 11.5 Å². The lowest BCUT2D eigenvalue weighted by molar-refractivity contribution is -0.144. The smallest absolute Gasteiger partial charge is 0.305 e. The van der Waals surface area contributed by atoms with Gasteiger partial charge in [0.15, 0.2) is 5.82 Å². The van der Waals surface area contributed by atoms with Gasteiger partial charge >= 0.3 is 5.97 Å². The first-order chi connectivity index (χ1) is 13.4. The lowest BCUT2D eigenvalue weighted by atomic mass is 9.96. The van der Waals surface area contributed by atoms with Crippen LogP contribution in [0.2, 0.25) is 0 Å². The standard InChI is InChI=1S/C21H30N2O5/c1-5-13-25-16-9-11-17(12-10-16)26-14-15-27-19(24)8-6-7-18-22-20(23-28-18)21(2,3)4/h9-12H,5-8,13-15H2,1-4H3. The molecule has 0 aliphatic rings. The van der Waals surface area contributed by atoms with Crippen LogP contribution in [0.5, 0.6) is 11.5 Å². The highest BCUT2D eigenvalue weighted by atomic mass is 16.6. The van der Waals surface area contributed by atoms with Crippen molar-refractivity contribution in [3.63, 3.8) is 0 Å². The van der Waals surface area contributed by atoms with E-state index in [2.05, 4.69) is 17.1 Å². The van der Waals surface area contributed by atoms with Gasteiger partial charge in [-0.15, -0.1) is 0 Å². The molecule has 0 bridgehead atoms. The Kier molecular flexibility index (Phi) is 8.29. The number of esters is 1. The molecule has 0 aliphatic carbocycles. The molecule has 0 radical (unpaired) electrons. The van der Waals surface area contributed by atoms with Crippen LogP contribution in [0.15, 0.2) is 28.8 Å². The van der Waals surface area contributed by atoms with Gasteiger partial charge in [0.25, 0.3) is 0 Å². The number of ether oxygens (including phenoxy) is 3. The van der Waals surface area contributed by atoms with Crippen molar-refractivity contribution < 1.29 is 23.5 Å². The van der Waals surface area contributed by atoms with Crippen LogP contribution in [-0.4, -0.2) is 35.9 Å². The average Bonchev–Trinajstić information content (AvgIpc) is 3.14. The Hall–Kier alpha value is -2.57. The molecule has 2 rings (SSSR count). The highest BCUT2D eigenvalue weighted by Crippen LogP contribution is 2.19. The Labute approximate surface area is 166 Å². The summed E-state index contributed by atoms with van der Waals surface area (Å²) in [5, 5.41) is 3.97. The number of carbonyl (C=O) groups excluding carboxylic acids is 1. The SMILES string of the molecule is CCCOc1ccc(OCCOC(=O)CCCc2nc(C(C)(C)C)no2)cc1. The van der Waals surface area contributed by atoms with E-state index in [0.29, 0.717) is 49.9 Å². The highest BCUT2D eigenvalue weighted by Gasteiger charge is 2.20. The van der Waals surface area contributed by atoms with Crippen LogP contribution in [0.4, 0.5) is 0 Å². The van der Waals surface area contributed by atoms with Gasteiger partial charge in [-0.2, -0.15) is 4.98 Å². The predicted octanol–water partition coefficient (Wildman–Crippen LogP) is 4.10. The predicted molar refractivity (Wildman–Crippen MR) is 105 cm³/mol. The molecule has 1 aromatic carbocycles. The molecule has 0 N–H and O–H groups in total. The summed E-state index contributed by atoms with van der Waals surface area (Å²) in [4.78, 5) is 16.1. The topological polar surface area (TPSA) is 83.7 Å². The van der Waals surface area contributed by atoms with Gasteiger partial charge in [0.1, 0.15) is 24.7 Å². The van der Waals surface area contributed by atoms with Crippen molar-refractivity contribution in [2.24, 2.45) is 0 Å². The molecule has 7 heteroatoms. The van der Waals surface area contributed by atoms with Crippen molar-refractivity contribution in [2.75, 3.05) is 19.8 Å².